The summed E-state index contributed by atoms with van der Waals surface area (Å²) in [5.74, 6) is -1.37. The van der Waals surface area contributed by atoms with Crippen LogP contribution in [0, 0.1) is 11.7 Å². The molecule has 9 nitrogen and oxygen atoms in total. The van der Waals surface area contributed by atoms with Gasteiger partial charge in [-0.15, -0.1) is 0 Å². The molecular weight excluding hydrogens is 480 g/mol. The van der Waals surface area contributed by atoms with E-state index in [0.29, 0.717) is 27.8 Å². The van der Waals surface area contributed by atoms with Gasteiger partial charge in [0.25, 0.3) is 0 Å². The fraction of sp³-hybridized carbons (Fsp3) is 0.391. The molecule has 2 unspecified atom stereocenters. The summed E-state index contributed by atoms with van der Waals surface area (Å²) in [6.45, 7) is 3.83. The van der Waals surface area contributed by atoms with E-state index in [1.807, 2.05) is 13.8 Å². The first-order valence-corrected chi connectivity index (χ1v) is 11.5. The molecule has 1 aliphatic carbocycles. The molecule has 2 N–H and O–H groups in total. The van der Waals surface area contributed by atoms with Crippen LogP contribution in [0.4, 0.5) is 20.3 Å². The van der Waals surface area contributed by atoms with Crippen molar-refractivity contribution in [1.82, 2.24) is 24.6 Å². The second-order valence-corrected chi connectivity index (χ2v) is 9.19. The van der Waals surface area contributed by atoms with E-state index in [4.69, 9.17) is 16.3 Å². The van der Waals surface area contributed by atoms with Crippen molar-refractivity contribution in [3.8, 4) is 11.3 Å². The number of benzene rings is 1. The van der Waals surface area contributed by atoms with Crippen molar-refractivity contribution < 1.29 is 18.3 Å². The highest BCUT2D eigenvalue weighted by atomic mass is 35.5. The van der Waals surface area contributed by atoms with E-state index in [9.17, 15) is 9.18 Å². The van der Waals surface area contributed by atoms with Crippen LogP contribution in [0.25, 0.3) is 27.8 Å². The summed E-state index contributed by atoms with van der Waals surface area (Å²) >= 11 is 6.58. The van der Waals surface area contributed by atoms with Gasteiger partial charge in [-0.2, -0.15) is 5.10 Å². The van der Waals surface area contributed by atoms with Gasteiger partial charge in [0, 0.05) is 31.3 Å². The normalized spacial score (nSPS) is 19.2. The van der Waals surface area contributed by atoms with Crippen LogP contribution in [0.15, 0.2) is 24.8 Å². The standard InChI is InChI=1S/C23H24ClF2N7O2/c1-10(11(2)35-4)32(3)22-20(26)19(24)18(13-6-28-31-21(13)22)15-8-33-9-16(29-17(33)7-27-15)30-23(34)12-5-14(12)25/h6-12,14H,5H2,1-4H3,(H,28,31)(H,30,34)/t10-,11+,12?,14?/m1/s1. The molecule has 1 saturated carbocycles. The van der Waals surface area contributed by atoms with Crippen molar-refractivity contribution in [3.05, 3.63) is 35.6 Å². The largest absolute Gasteiger partial charge is 0.380 e. The van der Waals surface area contributed by atoms with Gasteiger partial charge in [0.1, 0.15) is 11.9 Å². The maximum atomic E-state index is 15.7. The number of nitrogens with zero attached hydrogens (tertiary/aromatic N) is 5. The summed E-state index contributed by atoms with van der Waals surface area (Å²) in [5.41, 5.74) is 1.97. The Morgan fingerprint density at radius 2 is 2.11 bits per heavy atom. The number of fused-ring (bicyclic) bond motifs is 2. The van der Waals surface area contributed by atoms with Crippen molar-refractivity contribution in [1.29, 1.82) is 0 Å². The highest BCUT2D eigenvalue weighted by Gasteiger charge is 2.43. The van der Waals surface area contributed by atoms with E-state index in [1.165, 1.54) is 6.20 Å². The molecule has 0 saturated heterocycles. The molecule has 12 heteroatoms. The monoisotopic (exact) mass is 503 g/mol. The zero-order valence-electron chi connectivity index (χ0n) is 19.5. The predicted octanol–water partition coefficient (Wildman–Crippen LogP) is 4.22. The quantitative estimate of drug-likeness (QED) is 0.391. The molecule has 0 aliphatic heterocycles. The molecule has 184 valence electrons. The van der Waals surface area contributed by atoms with E-state index < -0.39 is 23.8 Å². The summed E-state index contributed by atoms with van der Waals surface area (Å²) in [6.07, 6.45) is 5.25. The van der Waals surface area contributed by atoms with Gasteiger partial charge in [0.15, 0.2) is 17.3 Å². The zero-order valence-corrected chi connectivity index (χ0v) is 20.3. The van der Waals surface area contributed by atoms with Crippen LogP contribution in [0.5, 0.6) is 0 Å². The maximum Gasteiger partial charge on any atom is 0.231 e. The van der Waals surface area contributed by atoms with Gasteiger partial charge < -0.3 is 19.4 Å². The topological polar surface area (TPSA) is 100 Å². The van der Waals surface area contributed by atoms with Gasteiger partial charge in [-0.25, -0.2) is 13.8 Å². The number of ether oxygens (including phenoxy) is 1. The van der Waals surface area contributed by atoms with Crippen molar-refractivity contribution in [3.63, 3.8) is 0 Å². The van der Waals surface area contributed by atoms with Gasteiger partial charge in [-0.1, -0.05) is 11.6 Å². The molecule has 1 amide bonds. The first kappa shape index (κ1) is 23.4. The number of carbonyl (C=O) groups is 1. The third-order valence-corrected chi connectivity index (χ3v) is 7.03. The highest BCUT2D eigenvalue weighted by Crippen LogP contribution is 2.42. The molecular formula is C23H24ClF2N7O2. The first-order valence-electron chi connectivity index (χ1n) is 11.1. The summed E-state index contributed by atoms with van der Waals surface area (Å²) in [5, 5.41) is 10.1. The van der Waals surface area contributed by atoms with Crippen molar-refractivity contribution in [2.24, 2.45) is 5.92 Å². The van der Waals surface area contributed by atoms with Crippen LogP contribution in [0.2, 0.25) is 5.02 Å². The van der Waals surface area contributed by atoms with Crippen molar-refractivity contribution in [2.75, 3.05) is 24.4 Å². The average molecular weight is 504 g/mol. The number of anilines is 2. The molecule has 35 heavy (non-hydrogen) atoms. The van der Waals surface area contributed by atoms with Crippen molar-refractivity contribution in [2.45, 2.75) is 38.6 Å². The number of aromatic amines is 1. The molecule has 0 radical (unpaired) electrons. The number of H-pyrrole nitrogens is 1. The molecule has 0 spiro atoms. The molecule has 5 rings (SSSR count). The Labute approximate surface area is 204 Å². The first-order chi connectivity index (χ1) is 16.7. The van der Waals surface area contributed by atoms with Crippen LogP contribution in [0.3, 0.4) is 0 Å². The highest BCUT2D eigenvalue weighted by molar-refractivity contribution is 6.35. The van der Waals surface area contributed by atoms with Crippen molar-refractivity contribution >= 4 is 45.6 Å². The lowest BCUT2D eigenvalue weighted by Gasteiger charge is -2.31. The minimum absolute atomic E-state index is 0.0961. The Kier molecular flexibility index (Phi) is 5.84. The van der Waals surface area contributed by atoms with E-state index in [1.54, 1.807) is 42.0 Å². The number of hydrogen-bond acceptors (Lipinski definition) is 6. The van der Waals surface area contributed by atoms with E-state index in [2.05, 4.69) is 25.5 Å². The number of amides is 1. The fourth-order valence-corrected chi connectivity index (χ4v) is 4.43. The molecule has 0 bridgehead atoms. The second-order valence-electron chi connectivity index (χ2n) is 8.81. The lowest BCUT2D eigenvalue weighted by Crippen LogP contribution is -2.39. The number of halogens is 3. The average Bonchev–Trinajstić information content (AvgIpc) is 3.19. The summed E-state index contributed by atoms with van der Waals surface area (Å²) in [7, 11) is 3.37. The lowest BCUT2D eigenvalue weighted by atomic mass is 10.0. The number of carbonyl (C=O) groups excluding carboxylic acids is 1. The van der Waals surface area contributed by atoms with E-state index >= 15 is 4.39 Å². The Bertz CT molecular complexity index is 1440. The van der Waals surface area contributed by atoms with Gasteiger partial charge in [-0.3, -0.25) is 14.9 Å². The lowest BCUT2D eigenvalue weighted by molar-refractivity contribution is -0.117. The molecule has 3 aromatic heterocycles. The SMILES string of the molecule is CO[C@@H](C)[C@@H](C)N(C)c1c(F)c(Cl)c(-c2cn3cc(NC(=O)C4CC4F)nc3cn2)c2cn[nH]c12. The molecule has 4 atom stereocenters. The Morgan fingerprint density at radius 1 is 1.37 bits per heavy atom. The third-order valence-electron chi connectivity index (χ3n) is 6.68. The number of aromatic nitrogens is 5. The van der Waals surface area contributed by atoms with E-state index in [0.717, 1.165) is 0 Å². The van der Waals surface area contributed by atoms with Gasteiger partial charge in [-0.05, 0) is 20.3 Å². The predicted molar refractivity (Wildman–Crippen MR) is 129 cm³/mol. The zero-order chi connectivity index (χ0) is 25.0. The molecule has 1 aliphatic rings. The van der Waals surface area contributed by atoms with E-state index in [-0.39, 0.29) is 35.1 Å². The maximum absolute atomic E-state index is 15.7. The number of methoxy groups -OCH3 is 1. The number of rotatable bonds is 7. The molecule has 1 aromatic carbocycles. The molecule has 3 heterocycles. The minimum atomic E-state index is -1.10. The Hall–Kier alpha value is -3.31. The van der Waals surface area contributed by atoms with Crippen LogP contribution >= 0.6 is 11.6 Å². The van der Waals surface area contributed by atoms with Crippen LogP contribution in [0.1, 0.15) is 20.3 Å². The number of alkyl halides is 1. The summed E-state index contributed by atoms with van der Waals surface area (Å²) in [6, 6.07) is -0.153. The summed E-state index contributed by atoms with van der Waals surface area (Å²) < 4.78 is 35.9. The van der Waals surface area contributed by atoms with Crippen LogP contribution in [-0.2, 0) is 9.53 Å². The summed E-state index contributed by atoms with van der Waals surface area (Å²) in [4.78, 5) is 22.5. The van der Waals surface area contributed by atoms with Gasteiger partial charge in [0.05, 0.1) is 52.9 Å². The Morgan fingerprint density at radius 3 is 2.80 bits per heavy atom. The van der Waals surface area contributed by atoms with Crippen LogP contribution in [-0.4, -0.2) is 62.9 Å². The van der Waals surface area contributed by atoms with Gasteiger partial charge >= 0.3 is 0 Å². The number of imidazole rings is 1. The second kappa shape index (κ2) is 8.72. The Balaban J connectivity index is 1.56. The van der Waals surface area contributed by atoms with Gasteiger partial charge in [0.2, 0.25) is 5.91 Å². The number of likely N-dealkylation sites (N-methyl/N-ethyl adjacent to an activating group) is 1. The molecule has 4 aromatic rings. The number of hydrogen-bond donors (Lipinski definition) is 2. The molecule has 1 fully saturated rings. The number of nitrogens with one attached hydrogen (secondary N) is 2. The third kappa shape index (κ3) is 3.98. The smallest absolute Gasteiger partial charge is 0.231 e. The minimum Gasteiger partial charge on any atom is -0.380 e. The fourth-order valence-electron chi connectivity index (χ4n) is 4.14. The van der Waals surface area contributed by atoms with Crippen LogP contribution < -0.4 is 10.2 Å².